The van der Waals surface area contributed by atoms with Gasteiger partial charge in [-0.05, 0) is 0 Å². The van der Waals surface area contributed by atoms with Crippen molar-refractivity contribution in [3.05, 3.63) is 16.6 Å². The van der Waals surface area contributed by atoms with Crippen molar-refractivity contribution in [1.29, 1.82) is 5.41 Å². The summed E-state index contributed by atoms with van der Waals surface area (Å²) >= 11 is 1.31. The van der Waals surface area contributed by atoms with Crippen LogP contribution in [0.2, 0.25) is 0 Å². The van der Waals surface area contributed by atoms with E-state index in [9.17, 15) is 0 Å². The van der Waals surface area contributed by atoms with Crippen molar-refractivity contribution in [2.75, 3.05) is 0 Å². The molecule has 0 bridgehead atoms. The molecule has 1 aromatic heterocycles. The van der Waals surface area contributed by atoms with E-state index in [-0.39, 0.29) is 5.90 Å². The van der Waals surface area contributed by atoms with Gasteiger partial charge in [-0.1, -0.05) is 0 Å². The van der Waals surface area contributed by atoms with E-state index < -0.39 is 0 Å². The van der Waals surface area contributed by atoms with Crippen molar-refractivity contribution in [1.82, 2.24) is 4.98 Å². The maximum atomic E-state index is 7.00. The van der Waals surface area contributed by atoms with E-state index in [4.69, 9.17) is 11.3 Å². The van der Waals surface area contributed by atoms with Gasteiger partial charge in [-0.3, -0.25) is 5.41 Å². The lowest BCUT2D eigenvalue weighted by atomic mass is 10.7. The van der Waals surface area contributed by atoms with Crippen LogP contribution in [0.15, 0.2) is 11.6 Å². The summed E-state index contributed by atoms with van der Waals surface area (Å²) in [6.07, 6.45) is 1.59. The Kier molecular flexibility index (Phi) is 1.76. The molecular formula is C4H5N3OS. The maximum Gasteiger partial charge on any atom is 0.266 e. The summed E-state index contributed by atoms with van der Waals surface area (Å²) in [5.41, 5.74) is 0. The first kappa shape index (κ1) is 6.18. The zero-order valence-electron chi connectivity index (χ0n) is 4.50. The number of hydrogen-bond acceptors (Lipinski definition) is 5. The van der Waals surface area contributed by atoms with Gasteiger partial charge < -0.3 is 4.84 Å². The number of nitrogens with two attached hydrogens (primary N) is 1. The molecule has 48 valence electrons. The van der Waals surface area contributed by atoms with Crippen LogP contribution in [-0.4, -0.2) is 10.9 Å². The number of rotatable bonds is 1. The molecule has 3 N–H and O–H groups in total. The summed E-state index contributed by atoms with van der Waals surface area (Å²) in [5.74, 6) is 4.61. The minimum Gasteiger partial charge on any atom is -0.388 e. The van der Waals surface area contributed by atoms with Crippen molar-refractivity contribution in [3.63, 3.8) is 0 Å². The molecule has 0 saturated carbocycles. The highest BCUT2D eigenvalue weighted by Crippen LogP contribution is 2.03. The molecule has 1 heterocycles. The van der Waals surface area contributed by atoms with Gasteiger partial charge in [0.2, 0.25) is 0 Å². The van der Waals surface area contributed by atoms with Gasteiger partial charge in [-0.15, -0.1) is 11.3 Å². The maximum absolute atomic E-state index is 7.00. The van der Waals surface area contributed by atoms with E-state index in [0.717, 1.165) is 0 Å². The van der Waals surface area contributed by atoms with Gasteiger partial charge in [0.05, 0.1) is 0 Å². The molecule has 9 heavy (non-hydrogen) atoms. The second-order valence-electron chi connectivity index (χ2n) is 1.28. The lowest BCUT2D eigenvalue weighted by molar-refractivity contribution is 0.319. The summed E-state index contributed by atoms with van der Waals surface area (Å²) in [4.78, 5) is 7.90. The molecule has 0 amide bonds. The lowest BCUT2D eigenvalue weighted by Gasteiger charge is -1.91. The molecule has 0 spiro atoms. The third-order valence-corrected chi connectivity index (χ3v) is 1.52. The van der Waals surface area contributed by atoms with Crippen LogP contribution in [0.4, 0.5) is 0 Å². The number of hydrogen-bond donors (Lipinski definition) is 2. The standard InChI is InChI=1S/C4H5N3OS/c5-3(8-6)4-7-1-2-9-4/h1-2,5H,6H2. The van der Waals surface area contributed by atoms with Crippen LogP contribution in [0, 0.1) is 5.41 Å². The number of aromatic nitrogens is 1. The van der Waals surface area contributed by atoms with Crippen molar-refractivity contribution in [2.24, 2.45) is 5.90 Å². The normalized spacial score (nSPS) is 9.00. The molecule has 5 heteroatoms. The minimum atomic E-state index is -0.0926. The predicted octanol–water partition coefficient (Wildman–Crippen LogP) is 0.359. The number of nitrogens with zero attached hydrogens (tertiary/aromatic N) is 1. The van der Waals surface area contributed by atoms with E-state index in [1.807, 2.05) is 0 Å². The molecule has 1 rings (SSSR count). The largest absolute Gasteiger partial charge is 0.388 e. The van der Waals surface area contributed by atoms with Crippen molar-refractivity contribution < 1.29 is 4.84 Å². The van der Waals surface area contributed by atoms with Crippen LogP contribution in [0.25, 0.3) is 0 Å². The Morgan fingerprint density at radius 1 is 1.89 bits per heavy atom. The highest BCUT2D eigenvalue weighted by molar-refractivity contribution is 7.11. The molecule has 0 aliphatic heterocycles. The Labute approximate surface area is 55.7 Å². The van der Waals surface area contributed by atoms with Crippen LogP contribution in [0.5, 0.6) is 0 Å². The average molecular weight is 143 g/mol. The lowest BCUT2D eigenvalue weighted by Crippen LogP contribution is -2.09. The SMILES string of the molecule is N=C(ON)c1nccs1. The Morgan fingerprint density at radius 2 is 2.67 bits per heavy atom. The van der Waals surface area contributed by atoms with Gasteiger partial charge in [-0.25, -0.2) is 4.98 Å². The van der Waals surface area contributed by atoms with Gasteiger partial charge in [-0.2, -0.15) is 5.90 Å². The first-order valence-electron chi connectivity index (χ1n) is 2.19. The van der Waals surface area contributed by atoms with Gasteiger partial charge in [0, 0.05) is 11.6 Å². The highest BCUT2D eigenvalue weighted by atomic mass is 32.1. The zero-order valence-corrected chi connectivity index (χ0v) is 5.31. The Bertz CT molecular complexity index is 196. The Hall–Kier alpha value is -0.940. The van der Waals surface area contributed by atoms with E-state index in [1.54, 1.807) is 11.6 Å². The van der Waals surface area contributed by atoms with Crippen molar-refractivity contribution in [3.8, 4) is 0 Å². The van der Waals surface area contributed by atoms with Crippen LogP contribution in [-0.2, 0) is 4.84 Å². The van der Waals surface area contributed by atoms with Crippen LogP contribution in [0.1, 0.15) is 5.01 Å². The molecule has 0 radical (unpaired) electrons. The fourth-order valence-corrected chi connectivity index (χ4v) is 0.913. The Balaban J connectivity index is 2.77. The summed E-state index contributed by atoms with van der Waals surface area (Å²) < 4.78 is 0. The third-order valence-electron chi connectivity index (χ3n) is 0.744. The predicted molar refractivity (Wildman–Crippen MR) is 34.2 cm³/mol. The highest BCUT2D eigenvalue weighted by Gasteiger charge is 2.01. The topological polar surface area (TPSA) is 72.0 Å². The summed E-state index contributed by atoms with van der Waals surface area (Å²) in [6, 6.07) is 0. The van der Waals surface area contributed by atoms with Gasteiger partial charge >= 0.3 is 0 Å². The zero-order chi connectivity index (χ0) is 6.69. The fourth-order valence-electron chi connectivity index (χ4n) is 0.386. The first-order valence-corrected chi connectivity index (χ1v) is 3.07. The molecule has 1 aromatic rings. The van der Waals surface area contributed by atoms with Crippen molar-refractivity contribution >= 4 is 17.2 Å². The monoisotopic (exact) mass is 143 g/mol. The average Bonchev–Trinajstić information content (AvgIpc) is 2.37. The second kappa shape index (κ2) is 2.56. The Morgan fingerprint density at radius 3 is 3.11 bits per heavy atom. The molecule has 0 aromatic carbocycles. The molecule has 0 atom stereocenters. The van der Waals surface area contributed by atoms with Gasteiger partial charge in [0.15, 0.2) is 5.01 Å². The summed E-state index contributed by atoms with van der Waals surface area (Å²) in [5, 5.41) is 9.25. The minimum absolute atomic E-state index is 0.0926. The number of thiazole rings is 1. The molecule has 4 nitrogen and oxygen atoms in total. The number of nitrogens with one attached hydrogen (secondary N) is 1. The summed E-state index contributed by atoms with van der Waals surface area (Å²) in [6.45, 7) is 0. The fraction of sp³-hybridized carbons (Fsp3) is 0. The molecular weight excluding hydrogens is 138 g/mol. The van der Waals surface area contributed by atoms with Gasteiger partial charge in [0.25, 0.3) is 5.90 Å². The molecule has 0 aliphatic rings. The smallest absolute Gasteiger partial charge is 0.266 e. The van der Waals surface area contributed by atoms with E-state index in [0.29, 0.717) is 5.01 Å². The quantitative estimate of drug-likeness (QED) is 0.338. The van der Waals surface area contributed by atoms with E-state index in [1.165, 1.54) is 11.3 Å². The van der Waals surface area contributed by atoms with E-state index in [2.05, 4.69) is 9.82 Å². The third kappa shape index (κ3) is 1.24. The van der Waals surface area contributed by atoms with Crippen LogP contribution >= 0.6 is 11.3 Å². The van der Waals surface area contributed by atoms with Crippen molar-refractivity contribution in [2.45, 2.75) is 0 Å². The molecule has 0 unspecified atom stereocenters. The van der Waals surface area contributed by atoms with E-state index >= 15 is 0 Å². The second-order valence-corrected chi connectivity index (χ2v) is 2.18. The molecule has 0 saturated heterocycles. The van der Waals surface area contributed by atoms with Crippen LogP contribution < -0.4 is 5.90 Å². The molecule has 0 aliphatic carbocycles. The molecule has 0 fully saturated rings. The summed E-state index contributed by atoms with van der Waals surface area (Å²) in [7, 11) is 0. The first-order chi connectivity index (χ1) is 4.34. The van der Waals surface area contributed by atoms with Crippen LogP contribution in [0.3, 0.4) is 0 Å². The van der Waals surface area contributed by atoms with Gasteiger partial charge in [0.1, 0.15) is 0 Å².